The summed E-state index contributed by atoms with van der Waals surface area (Å²) in [5.74, 6) is -0.222. The van der Waals surface area contributed by atoms with Crippen molar-refractivity contribution in [2.45, 2.75) is 32.6 Å². The van der Waals surface area contributed by atoms with Crippen molar-refractivity contribution in [1.29, 1.82) is 0 Å². The molecule has 0 spiro atoms. The van der Waals surface area contributed by atoms with Gasteiger partial charge in [0.05, 0.1) is 5.02 Å². The first-order valence-electron chi connectivity index (χ1n) is 5.09. The van der Waals surface area contributed by atoms with Crippen LogP contribution < -0.4 is 0 Å². The van der Waals surface area contributed by atoms with Crippen LogP contribution in [0.15, 0.2) is 18.2 Å². The minimum absolute atomic E-state index is 0.121. The Morgan fingerprint density at radius 1 is 1.40 bits per heavy atom. The van der Waals surface area contributed by atoms with Gasteiger partial charge in [0.2, 0.25) is 0 Å². The lowest BCUT2D eigenvalue weighted by atomic mass is 10.1. The van der Waals surface area contributed by atoms with E-state index in [4.69, 9.17) is 11.6 Å². The minimum Gasteiger partial charge on any atom is -0.300 e. The zero-order valence-electron chi connectivity index (χ0n) is 8.72. The van der Waals surface area contributed by atoms with Crippen molar-refractivity contribution in [3.05, 3.63) is 34.6 Å². The zero-order valence-corrected chi connectivity index (χ0v) is 9.48. The third kappa shape index (κ3) is 3.63. The van der Waals surface area contributed by atoms with Gasteiger partial charge in [-0.05, 0) is 24.5 Å². The molecule has 1 rings (SSSR count). The summed E-state index contributed by atoms with van der Waals surface area (Å²) in [5, 5.41) is 0.121. The maximum Gasteiger partial charge on any atom is 0.144 e. The molecule has 0 saturated heterocycles. The molecule has 3 heteroatoms. The highest BCUT2D eigenvalue weighted by Crippen LogP contribution is 2.19. The molecule has 0 atom stereocenters. The van der Waals surface area contributed by atoms with E-state index >= 15 is 0 Å². The van der Waals surface area contributed by atoms with Gasteiger partial charge in [-0.3, -0.25) is 4.79 Å². The summed E-state index contributed by atoms with van der Waals surface area (Å²) in [5.41, 5.74) is 0.520. The molecule has 0 radical (unpaired) electrons. The number of rotatable bonds is 5. The fourth-order valence-electron chi connectivity index (χ4n) is 1.42. The van der Waals surface area contributed by atoms with Crippen molar-refractivity contribution in [2.75, 3.05) is 0 Å². The zero-order chi connectivity index (χ0) is 11.3. The Morgan fingerprint density at radius 2 is 2.13 bits per heavy atom. The SMILES string of the molecule is CCCC(=O)CCc1cccc(Cl)c1F. The normalized spacial score (nSPS) is 10.3. The van der Waals surface area contributed by atoms with Gasteiger partial charge in [0, 0.05) is 12.8 Å². The lowest BCUT2D eigenvalue weighted by Gasteiger charge is -2.03. The number of carbonyl (C=O) groups excluding carboxylic acids is 1. The number of benzene rings is 1. The number of hydrogen-bond donors (Lipinski definition) is 0. The Hall–Kier alpha value is -0.890. The lowest BCUT2D eigenvalue weighted by molar-refractivity contribution is -0.119. The third-order valence-corrected chi connectivity index (χ3v) is 2.53. The number of ketones is 1. The van der Waals surface area contributed by atoms with Gasteiger partial charge < -0.3 is 0 Å². The van der Waals surface area contributed by atoms with E-state index in [1.54, 1.807) is 12.1 Å². The Bertz CT molecular complexity index is 349. The quantitative estimate of drug-likeness (QED) is 0.750. The Labute approximate surface area is 94.3 Å². The molecule has 0 amide bonds. The van der Waals surface area contributed by atoms with Crippen molar-refractivity contribution < 1.29 is 9.18 Å². The van der Waals surface area contributed by atoms with Crippen LogP contribution in [0.25, 0.3) is 0 Å². The third-order valence-electron chi connectivity index (χ3n) is 2.23. The highest BCUT2D eigenvalue weighted by molar-refractivity contribution is 6.30. The second kappa shape index (κ2) is 5.86. The number of Topliss-reactive ketones (excluding diaryl/α,β-unsaturated/α-hetero) is 1. The molecule has 82 valence electrons. The van der Waals surface area contributed by atoms with Gasteiger partial charge in [0.25, 0.3) is 0 Å². The maximum atomic E-state index is 13.4. The molecule has 0 N–H and O–H groups in total. The second-order valence-electron chi connectivity index (χ2n) is 3.50. The van der Waals surface area contributed by atoms with Gasteiger partial charge in [-0.25, -0.2) is 4.39 Å². The number of aryl methyl sites for hydroxylation is 1. The first kappa shape index (κ1) is 12.2. The summed E-state index contributed by atoms with van der Waals surface area (Å²) < 4.78 is 13.4. The first-order chi connectivity index (χ1) is 7.15. The largest absolute Gasteiger partial charge is 0.300 e. The molecule has 0 aromatic heterocycles. The van der Waals surface area contributed by atoms with Gasteiger partial charge in [-0.1, -0.05) is 30.7 Å². The van der Waals surface area contributed by atoms with Crippen molar-refractivity contribution in [1.82, 2.24) is 0 Å². The fourth-order valence-corrected chi connectivity index (χ4v) is 1.61. The van der Waals surface area contributed by atoms with Crippen LogP contribution >= 0.6 is 11.6 Å². The Morgan fingerprint density at radius 3 is 2.80 bits per heavy atom. The lowest BCUT2D eigenvalue weighted by Crippen LogP contribution is -2.01. The molecule has 0 aliphatic rings. The van der Waals surface area contributed by atoms with E-state index in [0.29, 0.717) is 24.8 Å². The molecular weight excluding hydrogens is 215 g/mol. The topological polar surface area (TPSA) is 17.1 Å². The molecule has 0 aliphatic carbocycles. The van der Waals surface area contributed by atoms with Crippen LogP contribution in [0.5, 0.6) is 0 Å². The molecular formula is C12H14ClFO. The van der Waals surface area contributed by atoms with Gasteiger partial charge in [0.15, 0.2) is 0 Å². The van der Waals surface area contributed by atoms with Gasteiger partial charge in [-0.2, -0.15) is 0 Å². The average molecular weight is 229 g/mol. The molecule has 0 bridgehead atoms. The predicted octanol–water partition coefficient (Wildman–Crippen LogP) is 3.78. The first-order valence-corrected chi connectivity index (χ1v) is 5.47. The average Bonchev–Trinajstić information content (AvgIpc) is 2.21. The smallest absolute Gasteiger partial charge is 0.144 e. The summed E-state index contributed by atoms with van der Waals surface area (Å²) in [6.45, 7) is 1.96. The van der Waals surface area contributed by atoms with E-state index in [0.717, 1.165) is 6.42 Å². The highest BCUT2D eigenvalue weighted by atomic mass is 35.5. The van der Waals surface area contributed by atoms with E-state index in [1.165, 1.54) is 6.07 Å². The number of carbonyl (C=O) groups is 1. The van der Waals surface area contributed by atoms with E-state index in [1.807, 2.05) is 6.92 Å². The van der Waals surface area contributed by atoms with Gasteiger partial charge in [-0.15, -0.1) is 0 Å². The van der Waals surface area contributed by atoms with E-state index < -0.39 is 5.82 Å². The van der Waals surface area contributed by atoms with Crippen LogP contribution in [-0.4, -0.2) is 5.78 Å². The summed E-state index contributed by atoms with van der Waals surface area (Å²) >= 11 is 5.63. The van der Waals surface area contributed by atoms with Gasteiger partial charge >= 0.3 is 0 Å². The molecule has 0 unspecified atom stereocenters. The summed E-state index contributed by atoms with van der Waals surface area (Å²) in [6.07, 6.45) is 2.25. The van der Waals surface area contributed by atoms with E-state index in [2.05, 4.69) is 0 Å². The predicted molar refractivity (Wildman–Crippen MR) is 59.6 cm³/mol. The van der Waals surface area contributed by atoms with Crippen LogP contribution in [0, 0.1) is 5.82 Å². The van der Waals surface area contributed by atoms with Crippen LogP contribution in [-0.2, 0) is 11.2 Å². The summed E-state index contributed by atoms with van der Waals surface area (Å²) in [7, 11) is 0. The van der Waals surface area contributed by atoms with Crippen molar-refractivity contribution in [3.8, 4) is 0 Å². The van der Waals surface area contributed by atoms with E-state index in [9.17, 15) is 9.18 Å². The Kier molecular flexibility index (Phi) is 4.76. The standard InChI is InChI=1S/C12H14ClFO/c1-2-4-10(15)8-7-9-5-3-6-11(13)12(9)14/h3,5-6H,2,4,7-8H2,1H3. The number of hydrogen-bond acceptors (Lipinski definition) is 1. The Balaban J connectivity index is 2.58. The molecule has 1 aromatic carbocycles. The molecule has 1 nitrogen and oxygen atoms in total. The fraction of sp³-hybridized carbons (Fsp3) is 0.417. The van der Waals surface area contributed by atoms with E-state index in [-0.39, 0.29) is 10.8 Å². The molecule has 0 aliphatic heterocycles. The van der Waals surface area contributed by atoms with Crippen LogP contribution in [0.3, 0.4) is 0 Å². The maximum absolute atomic E-state index is 13.4. The van der Waals surface area contributed by atoms with Crippen LogP contribution in [0.1, 0.15) is 31.7 Å². The summed E-state index contributed by atoms with van der Waals surface area (Å²) in [6, 6.07) is 4.87. The minimum atomic E-state index is -0.400. The monoisotopic (exact) mass is 228 g/mol. The summed E-state index contributed by atoms with van der Waals surface area (Å²) in [4.78, 5) is 11.3. The molecule has 0 fully saturated rings. The van der Waals surface area contributed by atoms with Crippen LogP contribution in [0.4, 0.5) is 4.39 Å². The molecule has 1 aromatic rings. The number of halogens is 2. The van der Waals surface area contributed by atoms with Crippen molar-refractivity contribution in [2.24, 2.45) is 0 Å². The van der Waals surface area contributed by atoms with Crippen molar-refractivity contribution in [3.63, 3.8) is 0 Å². The molecule has 0 saturated carbocycles. The molecule has 15 heavy (non-hydrogen) atoms. The van der Waals surface area contributed by atoms with Crippen LogP contribution in [0.2, 0.25) is 5.02 Å². The van der Waals surface area contributed by atoms with Gasteiger partial charge in [0.1, 0.15) is 11.6 Å². The molecule has 0 heterocycles. The highest BCUT2D eigenvalue weighted by Gasteiger charge is 2.07. The van der Waals surface area contributed by atoms with Crippen molar-refractivity contribution >= 4 is 17.4 Å². The second-order valence-corrected chi connectivity index (χ2v) is 3.91.